The first-order valence-corrected chi connectivity index (χ1v) is 2.96. The second kappa shape index (κ2) is 2.40. The maximum Gasteiger partial charge on any atom is 0.369 e. The summed E-state index contributed by atoms with van der Waals surface area (Å²) in [6, 6.07) is 0. The smallest absolute Gasteiger partial charge is 0.318 e. The Hall–Kier alpha value is 0.130. The van der Waals surface area contributed by atoms with Gasteiger partial charge in [0.1, 0.15) is 6.54 Å². The Morgan fingerprint density at radius 2 is 2.22 bits per heavy atom. The highest BCUT2D eigenvalue weighted by atomic mass is 32.1. The number of alkyl halides is 2. The van der Waals surface area contributed by atoms with E-state index in [1.54, 1.807) is 0 Å². The van der Waals surface area contributed by atoms with E-state index in [0.717, 1.165) is 0 Å². The summed E-state index contributed by atoms with van der Waals surface area (Å²) >= 11 is 3.75. The second-order valence-corrected chi connectivity index (χ2v) is 2.44. The van der Waals surface area contributed by atoms with E-state index in [2.05, 4.69) is 17.6 Å². The molecule has 0 spiro atoms. The van der Waals surface area contributed by atoms with E-state index >= 15 is 0 Å². The summed E-state index contributed by atoms with van der Waals surface area (Å²) in [6.07, 6.45) is -3.00. The number of hydrogen-bond donors (Lipinski definition) is 1. The molecule has 0 aromatic rings. The number of hydrogen-bond acceptors (Lipinski definition) is 3. The summed E-state index contributed by atoms with van der Waals surface area (Å²) in [5.41, 5.74) is 0. The van der Waals surface area contributed by atoms with Crippen LogP contribution in [0.1, 0.15) is 0 Å². The molecule has 0 radical (unpaired) electrons. The van der Waals surface area contributed by atoms with Crippen LogP contribution in [0.2, 0.25) is 0 Å². The van der Waals surface area contributed by atoms with Gasteiger partial charge in [0.15, 0.2) is 0 Å². The first-order chi connectivity index (χ1) is 4.10. The zero-order chi connectivity index (χ0) is 6.91. The molecule has 0 bridgehead atoms. The summed E-state index contributed by atoms with van der Waals surface area (Å²) in [5.74, 6) is 0. The van der Waals surface area contributed by atoms with E-state index in [0.29, 0.717) is 6.54 Å². The van der Waals surface area contributed by atoms with Gasteiger partial charge in [-0.25, -0.2) is 4.31 Å². The summed E-state index contributed by atoms with van der Waals surface area (Å²) in [4.78, 5) is 0. The van der Waals surface area contributed by atoms with Crippen LogP contribution in [0.4, 0.5) is 8.78 Å². The standard InChI is InChI=1S/C4H7F2NOS/c5-4(6)3-7(9)1-2-8-4/h9H,1-3H2. The quantitative estimate of drug-likeness (QED) is 0.518. The Morgan fingerprint density at radius 3 is 2.56 bits per heavy atom. The zero-order valence-corrected chi connectivity index (χ0v) is 5.57. The lowest BCUT2D eigenvalue weighted by molar-refractivity contribution is -0.258. The van der Waals surface area contributed by atoms with E-state index < -0.39 is 12.7 Å². The van der Waals surface area contributed by atoms with Crippen LogP contribution < -0.4 is 0 Å². The van der Waals surface area contributed by atoms with Gasteiger partial charge in [0.25, 0.3) is 0 Å². The van der Waals surface area contributed by atoms with Gasteiger partial charge >= 0.3 is 6.11 Å². The van der Waals surface area contributed by atoms with Crippen LogP contribution in [-0.4, -0.2) is 30.1 Å². The molecule has 1 rings (SSSR count). The number of nitrogens with zero attached hydrogens (tertiary/aromatic N) is 1. The topological polar surface area (TPSA) is 12.5 Å². The normalized spacial score (nSPS) is 28.3. The molecule has 5 heteroatoms. The molecule has 0 unspecified atom stereocenters. The van der Waals surface area contributed by atoms with E-state index in [-0.39, 0.29) is 6.61 Å². The predicted molar refractivity (Wildman–Crippen MR) is 31.5 cm³/mol. The van der Waals surface area contributed by atoms with Crippen molar-refractivity contribution in [3.63, 3.8) is 0 Å². The molecule has 0 amide bonds. The SMILES string of the molecule is FC1(F)CN(S)CCO1. The first kappa shape index (κ1) is 7.24. The molecule has 1 fully saturated rings. The third-order valence-corrected chi connectivity index (χ3v) is 1.37. The summed E-state index contributed by atoms with van der Waals surface area (Å²) in [6.45, 7) is 0.0886. The molecule has 0 aromatic carbocycles. The van der Waals surface area contributed by atoms with Gasteiger partial charge in [-0.1, -0.05) is 12.8 Å². The monoisotopic (exact) mass is 155 g/mol. The minimum absolute atomic E-state index is 0.0521. The fourth-order valence-corrected chi connectivity index (χ4v) is 0.884. The van der Waals surface area contributed by atoms with Crippen LogP contribution in [-0.2, 0) is 4.74 Å². The molecule has 0 atom stereocenters. The Balaban J connectivity index is 2.41. The van der Waals surface area contributed by atoms with Crippen LogP contribution in [0.5, 0.6) is 0 Å². The molecule has 1 saturated heterocycles. The predicted octanol–water partition coefficient (Wildman–Crippen LogP) is 0.756. The average Bonchev–Trinajstić information content (AvgIpc) is 1.60. The van der Waals surface area contributed by atoms with Crippen LogP contribution in [0.15, 0.2) is 0 Å². The Labute approximate surface area is 57.3 Å². The van der Waals surface area contributed by atoms with Crippen molar-refractivity contribution in [2.45, 2.75) is 6.11 Å². The largest absolute Gasteiger partial charge is 0.369 e. The molecule has 1 aliphatic rings. The number of halogens is 2. The highest BCUT2D eigenvalue weighted by molar-refractivity contribution is 7.77. The van der Waals surface area contributed by atoms with Gasteiger partial charge in [-0.3, -0.25) is 0 Å². The highest BCUT2D eigenvalue weighted by Crippen LogP contribution is 2.21. The zero-order valence-electron chi connectivity index (χ0n) is 4.68. The van der Waals surface area contributed by atoms with Crippen molar-refractivity contribution in [1.82, 2.24) is 4.31 Å². The lowest BCUT2D eigenvalue weighted by atomic mass is 10.5. The van der Waals surface area contributed by atoms with Gasteiger partial charge < -0.3 is 4.74 Å². The lowest BCUT2D eigenvalue weighted by Gasteiger charge is -2.27. The minimum atomic E-state index is -3.00. The van der Waals surface area contributed by atoms with E-state index in [1.165, 1.54) is 4.31 Å². The van der Waals surface area contributed by atoms with Crippen molar-refractivity contribution >= 4 is 12.8 Å². The van der Waals surface area contributed by atoms with Crippen LogP contribution in [0.3, 0.4) is 0 Å². The van der Waals surface area contributed by atoms with Crippen molar-refractivity contribution in [3.8, 4) is 0 Å². The van der Waals surface area contributed by atoms with Gasteiger partial charge in [0, 0.05) is 6.54 Å². The molecule has 2 nitrogen and oxygen atoms in total. The third kappa shape index (κ3) is 2.08. The van der Waals surface area contributed by atoms with Gasteiger partial charge in [-0.05, 0) is 0 Å². The van der Waals surface area contributed by atoms with Gasteiger partial charge in [0.05, 0.1) is 6.61 Å². The van der Waals surface area contributed by atoms with Gasteiger partial charge in [0.2, 0.25) is 0 Å². The molecule has 0 saturated carbocycles. The Morgan fingerprint density at radius 1 is 1.56 bits per heavy atom. The van der Waals surface area contributed by atoms with E-state index in [1.807, 2.05) is 0 Å². The maximum absolute atomic E-state index is 12.1. The number of morpholine rings is 1. The van der Waals surface area contributed by atoms with Crippen molar-refractivity contribution in [2.24, 2.45) is 0 Å². The van der Waals surface area contributed by atoms with Crippen LogP contribution >= 0.6 is 12.8 Å². The molecular formula is C4H7F2NOS. The third-order valence-electron chi connectivity index (χ3n) is 1.03. The number of thiol groups is 1. The molecular weight excluding hydrogens is 148 g/mol. The van der Waals surface area contributed by atoms with Crippen molar-refractivity contribution in [2.75, 3.05) is 19.7 Å². The Kier molecular flexibility index (Phi) is 1.93. The molecule has 9 heavy (non-hydrogen) atoms. The van der Waals surface area contributed by atoms with E-state index in [9.17, 15) is 8.78 Å². The maximum atomic E-state index is 12.1. The van der Waals surface area contributed by atoms with Crippen molar-refractivity contribution in [3.05, 3.63) is 0 Å². The molecule has 0 aliphatic carbocycles. The lowest BCUT2D eigenvalue weighted by Crippen LogP contribution is -2.42. The van der Waals surface area contributed by atoms with Crippen LogP contribution in [0.25, 0.3) is 0 Å². The van der Waals surface area contributed by atoms with Crippen molar-refractivity contribution in [1.29, 1.82) is 0 Å². The average molecular weight is 155 g/mol. The fourth-order valence-electron chi connectivity index (χ4n) is 0.638. The molecule has 1 aliphatic heterocycles. The summed E-state index contributed by atoms with van der Waals surface area (Å²) in [5, 5.41) is 0. The molecule has 1 heterocycles. The summed E-state index contributed by atoms with van der Waals surface area (Å²) < 4.78 is 29.6. The van der Waals surface area contributed by atoms with Gasteiger partial charge in [-0.15, -0.1) is 0 Å². The van der Waals surface area contributed by atoms with E-state index in [4.69, 9.17) is 0 Å². The second-order valence-electron chi connectivity index (χ2n) is 1.87. The first-order valence-electron chi connectivity index (χ1n) is 2.56. The molecule has 0 aromatic heterocycles. The number of ether oxygens (including phenoxy) is 1. The fraction of sp³-hybridized carbons (Fsp3) is 1.00. The molecule has 0 N–H and O–H groups in total. The van der Waals surface area contributed by atoms with Crippen LogP contribution in [0, 0.1) is 0 Å². The van der Waals surface area contributed by atoms with Gasteiger partial charge in [-0.2, -0.15) is 8.78 Å². The molecule has 54 valence electrons. The van der Waals surface area contributed by atoms with Crippen molar-refractivity contribution < 1.29 is 13.5 Å². The minimum Gasteiger partial charge on any atom is -0.318 e. The highest BCUT2D eigenvalue weighted by Gasteiger charge is 2.35. The Bertz CT molecular complexity index is 111. The number of rotatable bonds is 0. The summed E-state index contributed by atoms with van der Waals surface area (Å²) in [7, 11) is 0.